The number of hydrogen-bond donors (Lipinski definition) is 1. The van der Waals surface area contributed by atoms with Gasteiger partial charge in [0.25, 0.3) is 0 Å². The minimum absolute atomic E-state index is 0.845. The minimum atomic E-state index is 0.845. The van der Waals surface area contributed by atoms with Crippen molar-refractivity contribution in [3.63, 3.8) is 0 Å². The number of nitrogens with zero attached hydrogens (tertiary/aromatic N) is 2. The molecule has 0 spiro atoms. The van der Waals surface area contributed by atoms with Crippen molar-refractivity contribution < 1.29 is 4.42 Å². The van der Waals surface area contributed by atoms with Crippen molar-refractivity contribution >= 4 is 0 Å². The molecular weight excluding hydrogens is 238 g/mol. The molecule has 1 aliphatic rings. The van der Waals surface area contributed by atoms with Crippen LogP contribution < -0.4 is 5.32 Å². The monoisotopic (exact) mass is 265 g/mol. The van der Waals surface area contributed by atoms with E-state index < -0.39 is 0 Å². The van der Waals surface area contributed by atoms with E-state index in [1.807, 2.05) is 0 Å². The first-order chi connectivity index (χ1) is 9.31. The van der Waals surface area contributed by atoms with Crippen LogP contribution in [0.4, 0.5) is 0 Å². The van der Waals surface area contributed by atoms with E-state index in [1.54, 1.807) is 0 Å². The van der Waals surface area contributed by atoms with Crippen LogP contribution in [0.1, 0.15) is 31.8 Å². The van der Waals surface area contributed by atoms with Crippen molar-refractivity contribution in [3.05, 3.63) is 23.7 Å². The highest BCUT2D eigenvalue weighted by molar-refractivity contribution is 5.07. The van der Waals surface area contributed by atoms with Gasteiger partial charge in [-0.1, -0.05) is 13.8 Å². The summed E-state index contributed by atoms with van der Waals surface area (Å²) in [4.78, 5) is 4.98. The molecule has 0 radical (unpaired) electrons. The zero-order valence-corrected chi connectivity index (χ0v) is 12.3. The smallest absolute Gasteiger partial charge is 0.118 e. The van der Waals surface area contributed by atoms with Crippen LogP contribution in [-0.4, -0.2) is 49.1 Å². The SMILES string of the molecule is CCCNCc1ccc(CN2CCN(CC)CC2)o1. The topological polar surface area (TPSA) is 31.6 Å². The molecule has 1 fully saturated rings. The fourth-order valence-corrected chi connectivity index (χ4v) is 2.47. The maximum Gasteiger partial charge on any atom is 0.118 e. The Labute approximate surface area is 116 Å². The minimum Gasteiger partial charge on any atom is -0.463 e. The van der Waals surface area contributed by atoms with Crippen LogP contribution in [0.3, 0.4) is 0 Å². The molecule has 1 saturated heterocycles. The number of rotatable bonds is 7. The van der Waals surface area contributed by atoms with Crippen molar-refractivity contribution in [3.8, 4) is 0 Å². The van der Waals surface area contributed by atoms with E-state index >= 15 is 0 Å². The Morgan fingerprint density at radius 3 is 2.42 bits per heavy atom. The molecule has 1 aromatic heterocycles. The fraction of sp³-hybridized carbons (Fsp3) is 0.733. The lowest BCUT2D eigenvalue weighted by molar-refractivity contribution is 0.125. The summed E-state index contributed by atoms with van der Waals surface area (Å²) in [6.07, 6.45) is 1.16. The third kappa shape index (κ3) is 4.64. The highest BCUT2D eigenvalue weighted by atomic mass is 16.3. The lowest BCUT2D eigenvalue weighted by Crippen LogP contribution is -2.45. The number of piperazine rings is 1. The fourth-order valence-electron chi connectivity index (χ4n) is 2.47. The molecule has 0 unspecified atom stereocenters. The molecule has 0 atom stereocenters. The van der Waals surface area contributed by atoms with Crippen molar-refractivity contribution in [1.29, 1.82) is 0 Å². The number of furan rings is 1. The molecule has 19 heavy (non-hydrogen) atoms. The van der Waals surface area contributed by atoms with Gasteiger partial charge in [0.1, 0.15) is 11.5 Å². The van der Waals surface area contributed by atoms with Crippen LogP contribution in [0, 0.1) is 0 Å². The average Bonchev–Trinajstić information content (AvgIpc) is 2.88. The molecule has 4 heteroatoms. The summed E-state index contributed by atoms with van der Waals surface area (Å²) in [5.74, 6) is 2.15. The zero-order valence-electron chi connectivity index (χ0n) is 12.3. The van der Waals surface area contributed by atoms with Crippen LogP contribution in [-0.2, 0) is 13.1 Å². The molecule has 0 bridgehead atoms. The van der Waals surface area contributed by atoms with E-state index in [9.17, 15) is 0 Å². The van der Waals surface area contributed by atoms with Gasteiger partial charge in [0.15, 0.2) is 0 Å². The maximum atomic E-state index is 5.87. The number of nitrogens with one attached hydrogen (secondary N) is 1. The van der Waals surface area contributed by atoms with E-state index in [4.69, 9.17) is 4.42 Å². The van der Waals surface area contributed by atoms with Gasteiger partial charge in [-0.2, -0.15) is 0 Å². The van der Waals surface area contributed by atoms with E-state index in [2.05, 4.69) is 41.1 Å². The first kappa shape index (κ1) is 14.6. The second-order valence-corrected chi connectivity index (χ2v) is 5.26. The molecule has 4 nitrogen and oxygen atoms in total. The predicted molar refractivity (Wildman–Crippen MR) is 78.1 cm³/mol. The summed E-state index contributed by atoms with van der Waals surface area (Å²) in [6, 6.07) is 4.22. The third-order valence-corrected chi connectivity index (χ3v) is 3.73. The van der Waals surface area contributed by atoms with E-state index in [-0.39, 0.29) is 0 Å². The molecular formula is C15H27N3O. The summed E-state index contributed by atoms with van der Waals surface area (Å²) in [7, 11) is 0. The van der Waals surface area contributed by atoms with Crippen LogP contribution in [0.5, 0.6) is 0 Å². The van der Waals surface area contributed by atoms with Gasteiger partial charge in [-0.05, 0) is 31.6 Å². The lowest BCUT2D eigenvalue weighted by atomic mass is 10.3. The summed E-state index contributed by atoms with van der Waals surface area (Å²) in [5, 5.41) is 3.37. The molecule has 0 aromatic carbocycles. The Morgan fingerprint density at radius 2 is 1.74 bits per heavy atom. The van der Waals surface area contributed by atoms with Gasteiger partial charge in [0.2, 0.25) is 0 Å². The van der Waals surface area contributed by atoms with Crippen LogP contribution in [0.15, 0.2) is 16.5 Å². The standard InChI is InChI=1S/C15H27N3O/c1-3-7-16-12-14-5-6-15(19-14)13-18-10-8-17(4-2)9-11-18/h5-6,16H,3-4,7-13H2,1-2H3. The van der Waals surface area contributed by atoms with Gasteiger partial charge >= 0.3 is 0 Å². The van der Waals surface area contributed by atoms with Crippen LogP contribution >= 0.6 is 0 Å². The van der Waals surface area contributed by atoms with Gasteiger partial charge < -0.3 is 14.6 Å². The van der Waals surface area contributed by atoms with E-state index in [0.717, 1.165) is 50.7 Å². The summed E-state index contributed by atoms with van der Waals surface area (Å²) in [5.41, 5.74) is 0. The largest absolute Gasteiger partial charge is 0.463 e. The Kier molecular flexibility index (Phi) is 5.89. The number of hydrogen-bond acceptors (Lipinski definition) is 4. The van der Waals surface area contributed by atoms with E-state index in [0.29, 0.717) is 0 Å². The summed E-state index contributed by atoms with van der Waals surface area (Å²) >= 11 is 0. The molecule has 0 saturated carbocycles. The van der Waals surface area contributed by atoms with Crippen molar-refractivity contribution in [1.82, 2.24) is 15.1 Å². The highest BCUT2D eigenvalue weighted by Crippen LogP contribution is 2.12. The zero-order chi connectivity index (χ0) is 13.5. The maximum absolute atomic E-state index is 5.87. The molecule has 2 rings (SSSR count). The van der Waals surface area contributed by atoms with Crippen LogP contribution in [0.2, 0.25) is 0 Å². The average molecular weight is 265 g/mol. The molecule has 1 N–H and O–H groups in total. The van der Waals surface area contributed by atoms with Crippen LogP contribution in [0.25, 0.3) is 0 Å². The van der Waals surface area contributed by atoms with Gasteiger partial charge in [0.05, 0.1) is 13.1 Å². The molecule has 108 valence electrons. The highest BCUT2D eigenvalue weighted by Gasteiger charge is 2.16. The molecule has 0 aliphatic carbocycles. The molecule has 1 aromatic rings. The van der Waals surface area contributed by atoms with Gasteiger partial charge in [-0.25, -0.2) is 0 Å². The normalized spacial score (nSPS) is 18.0. The summed E-state index contributed by atoms with van der Waals surface area (Å²) < 4.78 is 5.87. The van der Waals surface area contributed by atoms with Gasteiger partial charge in [0, 0.05) is 26.2 Å². The Hall–Kier alpha value is -0.840. The predicted octanol–water partition coefficient (Wildman–Crippen LogP) is 1.92. The second kappa shape index (κ2) is 7.68. The Morgan fingerprint density at radius 1 is 1.05 bits per heavy atom. The first-order valence-corrected chi connectivity index (χ1v) is 7.54. The van der Waals surface area contributed by atoms with Crippen molar-refractivity contribution in [2.24, 2.45) is 0 Å². The summed E-state index contributed by atoms with van der Waals surface area (Å²) in [6.45, 7) is 13.1. The van der Waals surface area contributed by atoms with Crippen molar-refractivity contribution in [2.45, 2.75) is 33.4 Å². The van der Waals surface area contributed by atoms with Gasteiger partial charge in [-0.3, -0.25) is 4.90 Å². The second-order valence-electron chi connectivity index (χ2n) is 5.26. The quantitative estimate of drug-likeness (QED) is 0.763. The third-order valence-electron chi connectivity index (χ3n) is 3.73. The Bertz CT molecular complexity index is 356. The van der Waals surface area contributed by atoms with Crippen molar-refractivity contribution in [2.75, 3.05) is 39.3 Å². The molecule has 2 heterocycles. The first-order valence-electron chi connectivity index (χ1n) is 7.54. The molecule has 0 amide bonds. The van der Waals surface area contributed by atoms with Gasteiger partial charge in [-0.15, -0.1) is 0 Å². The lowest BCUT2D eigenvalue weighted by Gasteiger charge is -2.33. The molecule has 1 aliphatic heterocycles. The van der Waals surface area contributed by atoms with E-state index in [1.165, 1.54) is 19.6 Å². The Balaban J connectivity index is 1.74. The number of likely N-dealkylation sites (N-methyl/N-ethyl adjacent to an activating group) is 1.